The van der Waals surface area contributed by atoms with Gasteiger partial charge in [-0.15, -0.1) is 0 Å². The van der Waals surface area contributed by atoms with Gasteiger partial charge < -0.3 is 20.5 Å². The van der Waals surface area contributed by atoms with Crippen molar-refractivity contribution in [1.82, 2.24) is 20.6 Å². The average Bonchev–Trinajstić information content (AvgIpc) is 3.60. The zero-order valence-electron chi connectivity index (χ0n) is 18.3. The predicted molar refractivity (Wildman–Crippen MR) is 117 cm³/mol. The van der Waals surface area contributed by atoms with Crippen LogP contribution in [0.3, 0.4) is 0 Å². The Morgan fingerprint density at radius 3 is 2.54 bits per heavy atom. The zero-order valence-corrected chi connectivity index (χ0v) is 18.3. The van der Waals surface area contributed by atoms with E-state index in [4.69, 9.17) is 4.74 Å². The molecule has 0 spiro atoms. The molecule has 8 nitrogen and oxygen atoms in total. The number of aromatic hydroxyl groups is 1. The molecule has 35 heavy (non-hydrogen) atoms. The Kier molecular flexibility index (Phi) is 6.59. The lowest BCUT2D eigenvalue weighted by Gasteiger charge is -2.17. The third-order valence-electron chi connectivity index (χ3n) is 5.37. The molecule has 1 saturated carbocycles. The van der Waals surface area contributed by atoms with E-state index in [2.05, 4.69) is 20.6 Å². The van der Waals surface area contributed by atoms with Crippen LogP contribution in [0.5, 0.6) is 17.2 Å². The van der Waals surface area contributed by atoms with Crippen molar-refractivity contribution in [3.05, 3.63) is 77.9 Å². The summed E-state index contributed by atoms with van der Waals surface area (Å²) in [6.07, 6.45) is 0.872. The number of benzene rings is 1. The Balaban J connectivity index is 1.32. The van der Waals surface area contributed by atoms with Crippen molar-refractivity contribution >= 4 is 11.8 Å². The summed E-state index contributed by atoms with van der Waals surface area (Å²) in [6, 6.07) is 9.11. The van der Waals surface area contributed by atoms with E-state index in [1.807, 2.05) is 0 Å². The van der Waals surface area contributed by atoms with Crippen LogP contribution >= 0.6 is 0 Å². The summed E-state index contributed by atoms with van der Waals surface area (Å²) in [4.78, 5) is 33.0. The number of phenols is 1. The highest BCUT2D eigenvalue weighted by Gasteiger charge is 2.51. The summed E-state index contributed by atoms with van der Waals surface area (Å²) in [7, 11) is 0. The molecule has 1 fully saturated rings. The van der Waals surface area contributed by atoms with Gasteiger partial charge in [0, 0.05) is 12.4 Å². The molecule has 0 atom stereocenters. The summed E-state index contributed by atoms with van der Waals surface area (Å²) >= 11 is 0. The van der Waals surface area contributed by atoms with Gasteiger partial charge >= 0.3 is 6.18 Å². The Morgan fingerprint density at radius 1 is 1.11 bits per heavy atom. The molecule has 0 aliphatic heterocycles. The molecule has 3 aromatic rings. The number of carbonyl (C=O) groups excluding carboxylic acids is 2. The number of halogens is 3. The van der Waals surface area contributed by atoms with Gasteiger partial charge in [-0.1, -0.05) is 6.07 Å². The van der Waals surface area contributed by atoms with Crippen molar-refractivity contribution in [2.24, 2.45) is 0 Å². The van der Waals surface area contributed by atoms with Crippen LogP contribution in [-0.4, -0.2) is 32.4 Å². The third kappa shape index (κ3) is 6.05. The topological polar surface area (TPSA) is 113 Å². The first-order valence-corrected chi connectivity index (χ1v) is 10.7. The number of pyridine rings is 2. The normalized spacial score (nSPS) is 14.1. The van der Waals surface area contributed by atoms with E-state index in [1.165, 1.54) is 18.3 Å². The van der Waals surface area contributed by atoms with Crippen LogP contribution in [0.2, 0.25) is 0 Å². The number of rotatable bonds is 8. The minimum absolute atomic E-state index is 0.0533. The third-order valence-corrected chi connectivity index (χ3v) is 5.37. The monoisotopic (exact) mass is 486 g/mol. The lowest BCUT2D eigenvalue weighted by atomic mass is 10.1. The first-order valence-electron chi connectivity index (χ1n) is 10.7. The van der Waals surface area contributed by atoms with E-state index in [0.717, 1.165) is 17.7 Å². The number of alkyl halides is 3. The maximum absolute atomic E-state index is 13.2. The molecule has 1 aromatic carbocycles. The van der Waals surface area contributed by atoms with Gasteiger partial charge in [0.15, 0.2) is 0 Å². The van der Waals surface area contributed by atoms with E-state index in [0.29, 0.717) is 24.6 Å². The standard InChI is InChI=1S/C24H21F3N4O4/c25-24(26,27)19-11-17(32)4-6-20(19)35-18-5-3-16(29-14-18)13-30-22(34)23(7-8-23)31-21(33)10-15-2-1-9-28-12-15/h1-6,9,11-12,14,32H,7-8,10,13H2,(H,30,34)(H,31,33). The SMILES string of the molecule is O=C(Cc1cccnc1)NC1(C(=O)NCc2ccc(Oc3ccc(O)cc3C(F)(F)F)cn2)CC1. The summed E-state index contributed by atoms with van der Waals surface area (Å²) in [5, 5.41) is 14.9. The number of hydrogen-bond donors (Lipinski definition) is 3. The molecule has 2 heterocycles. The predicted octanol–water partition coefficient (Wildman–Crippen LogP) is 3.50. The maximum Gasteiger partial charge on any atom is 0.420 e. The molecule has 3 N–H and O–H groups in total. The van der Waals surface area contributed by atoms with Crippen LogP contribution < -0.4 is 15.4 Å². The second-order valence-electron chi connectivity index (χ2n) is 8.12. The molecular weight excluding hydrogens is 465 g/mol. The van der Waals surface area contributed by atoms with Gasteiger partial charge in [0.05, 0.1) is 24.9 Å². The fourth-order valence-corrected chi connectivity index (χ4v) is 3.40. The highest BCUT2D eigenvalue weighted by molar-refractivity contribution is 5.94. The number of carbonyl (C=O) groups is 2. The fraction of sp³-hybridized carbons (Fsp3) is 0.250. The smallest absolute Gasteiger partial charge is 0.420 e. The second kappa shape index (κ2) is 9.61. The lowest BCUT2D eigenvalue weighted by molar-refractivity contribution is -0.138. The highest BCUT2D eigenvalue weighted by atomic mass is 19.4. The Labute approximate surface area is 198 Å². The fourth-order valence-electron chi connectivity index (χ4n) is 3.40. The van der Waals surface area contributed by atoms with Crippen molar-refractivity contribution in [3.8, 4) is 17.2 Å². The van der Waals surface area contributed by atoms with Gasteiger partial charge in [0.25, 0.3) is 0 Å². The van der Waals surface area contributed by atoms with Crippen molar-refractivity contribution in [2.75, 3.05) is 0 Å². The quantitative estimate of drug-likeness (QED) is 0.449. The van der Waals surface area contributed by atoms with Gasteiger partial charge in [0.1, 0.15) is 28.4 Å². The number of phenolic OH excluding ortho intramolecular Hbond substituents is 1. The summed E-state index contributed by atoms with van der Waals surface area (Å²) in [6.45, 7) is 0.0619. The highest BCUT2D eigenvalue weighted by Crippen LogP contribution is 2.40. The molecule has 2 aromatic heterocycles. The lowest BCUT2D eigenvalue weighted by Crippen LogP contribution is -2.49. The zero-order chi connectivity index (χ0) is 25.1. The van der Waals surface area contributed by atoms with Crippen molar-refractivity contribution in [2.45, 2.75) is 37.5 Å². The van der Waals surface area contributed by atoms with Crippen LogP contribution in [0.25, 0.3) is 0 Å². The number of nitrogens with one attached hydrogen (secondary N) is 2. The molecule has 1 aliphatic carbocycles. The summed E-state index contributed by atoms with van der Waals surface area (Å²) in [5.41, 5.74) is -0.878. The van der Waals surface area contributed by atoms with Gasteiger partial charge in [0.2, 0.25) is 11.8 Å². The van der Waals surface area contributed by atoms with Gasteiger partial charge in [-0.3, -0.25) is 19.6 Å². The van der Waals surface area contributed by atoms with Crippen LogP contribution in [0.4, 0.5) is 13.2 Å². The molecule has 182 valence electrons. The first kappa shape index (κ1) is 24.0. The van der Waals surface area contributed by atoms with Crippen LogP contribution in [0.1, 0.15) is 29.7 Å². The Morgan fingerprint density at radius 2 is 1.91 bits per heavy atom. The van der Waals surface area contributed by atoms with Crippen molar-refractivity contribution in [1.29, 1.82) is 0 Å². The van der Waals surface area contributed by atoms with E-state index in [-0.39, 0.29) is 30.5 Å². The number of amides is 2. The molecule has 4 rings (SSSR count). The molecule has 0 bridgehead atoms. The van der Waals surface area contributed by atoms with E-state index in [1.54, 1.807) is 24.5 Å². The number of hydrogen-bond acceptors (Lipinski definition) is 6. The molecule has 11 heteroatoms. The molecule has 0 radical (unpaired) electrons. The van der Waals surface area contributed by atoms with Crippen LogP contribution in [0, 0.1) is 0 Å². The molecular formula is C24H21F3N4O4. The van der Waals surface area contributed by atoms with E-state index in [9.17, 15) is 27.9 Å². The summed E-state index contributed by atoms with van der Waals surface area (Å²) in [5.74, 6) is -1.57. The van der Waals surface area contributed by atoms with Crippen molar-refractivity contribution in [3.63, 3.8) is 0 Å². The molecule has 2 amide bonds. The van der Waals surface area contributed by atoms with Crippen LogP contribution in [-0.2, 0) is 28.7 Å². The second-order valence-corrected chi connectivity index (χ2v) is 8.12. The van der Waals surface area contributed by atoms with Crippen molar-refractivity contribution < 1.29 is 32.6 Å². The molecule has 1 aliphatic rings. The largest absolute Gasteiger partial charge is 0.508 e. The van der Waals surface area contributed by atoms with E-state index >= 15 is 0 Å². The minimum atomic E-state index is -4.71. The molecule has 0 saturated heterocycles. The van der Waals surface area contributed by atoms with Gasteiger partial charge in [-0.05, 0) is 54.8 Å². The average molecular weight is 486 g/mol. The van der Waals surface area contributed by atoms with Gasteiger partial charge in [-0.25, -0.2) is 0 Å². The Bertz CT molecular complexity index is 1210. The summed E-state index contributed by atoms with van der Waals surface area (Å²) < 4.78 is 44.9. The van der Waals surface area contributed by atoms with Crippen LogP contribution in [0.15, 0.2) is 61.1 Å². The van der Waals surface area contributed by atoms with Gasteiger partial charge in [-0.2, -0.15) is 13.2 Å². The number of aromatic nitrogens is 2. The first-order chi connectivity index (χ1) is 16.6. The van der Waals surface area contributed by atoms with E-state index < -0.39 is 28.8 Å². The minimum Gasteiger partial charge on any atom is -0.508 e. The Hall–Kier alpha value is -4.15. The number of nitrogens with zero attached hydrogens (tertiary/aromatic N) is 2. The molecule has 0 unspecified atom stereocenters. The maximum atomic E-state index is 13.2. The number of ether oxygens (including phenoxy) is 1.